The van der Waals surface area contributed by atoms with Crippen LogP contribution in [-0.4, -0.2) is 0 Å². The van der Waals surface area contributed by atoms with Crippen LogP contribution < -0.4 is 0 Å². The molecule has 0 unspecified atom stereocenters. The fourth-order valence-electron chi connectivity index (χ4n) is 1.32. The highest BCUT2D eigenvalue weighted by Crippen LogP contribution is 2.14. The molecule has 0 fully saturated rings. The minimum Gasteiger partial charge on any atom is -0.192 e. The van der Waals surface area contributed by atoms with Gasteiger partial charge in [-0.1, -0.05) is 85.4 Å². The van der Waals surface area contributed by atoms with Gasteiger partial charge in [-0.2, -0.15) is 5.26 Å². The summed E-state index contributed by atoms with van der Waals surface area (Å²) in [6.07, 6.45) is 0. The maximum atomic E-state index is 8.44. The maximum Gasteiger partial charge on any atom is 0.0991 e. The summed E-state index contributed by atoms with van der Waals surface area (Å²) in [5, 5.41) is 9.03. The zero-order valence-electron chi connectivity index (χ0n) is 10.5. The van der Waals surface area contributed by atoms with Gasteiger partial charge < -0.3 is 0 Å². The van der Waals surface area contributed by atoms with E-state index in [9.17, 15) is 0 Å². The lowest BCUT2D eigenvalue weighted by Gasteiger charge is -1.92. The van der Waals surface area contributed by atoms with Crippen molar-refractivity contribution in [3.63, 3.8) is 0 Å². The van der Waals surface area contributed by atoms with Crippen molar-refractivity contribution in [2.24, 2.45) is 0 Å². The molecule has 1 nitrogen and oxygen atoms in total. The van der Waals surface area contributed by atoms with Gasteiger partial charge in [0.25, 0.3) is 0 Å². The van der Waals surface area contributed by atoms with Gasteiger partial charge in [-0.05, 0) is 11.1 Å². The molecular formula is C17H14ClN. The van der Waals surface area contributed by atoms with Gasteiger partial charge in [-0.3, -0.25) is 0 Å². The van der Waals surface area contributed by atoms with Crippen LogP contribution in [0.3, 0.4) is 0 Å². The molecule has 0 aliphatic heterocycles. The van der Waals surface area contributed by atoms with Crippen LogP contribution in [0.5, 0.6) is 0 Å². The highest BCUT2D eigenvalue weighted by molar-refractivity contribution is 6.48. The van der Waals surface area contributed by atoms with E-state index in [0.29, 0.717) is 10.6 Å². The molecule has 0 aliphatic rings. The lowest BCUT2D eigenvalue weighted by molar-refractivity contribution is 1.52. The number of nitriles is 1. The fraction of sp³-hybridized carbons (Fsp3) is 0. The predicted molar refractivity (Wildman–Crippen MR) is 82.4 cm³/mol. The highest BCUT2D eigenvalue weighted by atomic mass is 35.5. The van der Waals surface area contributed by atoms with Crippen molar-refractivity contribution in [3.05, 3.63) is 84.9 Å². The molecule has 0 N–H and O–H groups in total. The third-order valence-corrected chi connectivity index (χ3v) is 2.56. The number of benzene rings is 2. The number of rotatable bonds is 2. The van der Waals surface area contributed by atoms with Crippen molar-refractivity contribution in [1.29, 1.82) is 5.26 Å². The number of allylic oxidation sites excluding steroid dienone is 1. The topological polar surface area (TPSA) is 23.8 Å². The van der Waals surface area contributed by atoms with E-state index in [1.54, 1.807) is 0 Å². The normalized spacial score (nSPS) is 8.63. The summed E-state index contributed by atoms with van der Waals surface area (Å²) in [6.45, 7) is 7.17. The average Bonchev–Trinajstić information content (AvgIpc) is 2.49. The van der Waals surface area contributed by atoms with Crippen LogP contribution in [0.2, 0.25) is 0 Å². The van der Waals surface area contributed by atoms with Crippen molar-refractivity contribution in [3.8, 4) is 6.07 Å². The second-order valence-electron chi connectivity index (χ2n) is 3.73. The summed E-state index contributed by atoms with van der Waals surface area (Å²) in [4.78, 5) is 0. The molecule has 2 rings (SSSR count). The van der Waals surface area contributed by atoms with E-state index in [4.69, 9.17) is 16.9 Å². The molecule has 2 aromatic rings. The Hall–Kier alpha value is -2.30. The van der Waals surface area contributed by atoms with Crippen LogP contribution in [0.4, 0.5) is 0 Å². The molecule has 0 amide bonds. The summed E-state index contributed by atoms with van der Waals surface area (Å²) in [5.41, 5.74) is 2.39. The average molecular weight is 268 g/mol. The lowest BCUT2D eigenvalue weighted by Crippen LogP contribution is -1.75. The van der Waals surface area contributed by atoms with Crippen molar-refractivity contribution in [2.75, 3.05) is 0 Å². The van der Waals surface area contributed by atoms with Crippen LogP contribution in [0.15, 0.2) is 73.8 Å². The van der Waals surface area contributed by atoms with Crippen LogP contribution in [0, 0.1) is 11.3 Å². The molecule has 0 radical (unpaired) electrons. The van der Waals surface area contributed by atoms with Crippen LogP contribution in [0.25, 0.3) is 10.6 Å². The van der Waals surface area contributed by atoms with Gasteiger partial charge in [0.2, 0.25) is 0 Å². The minimum absolute atomic E-state index is 0.514. The standard InChI is InChI=1S/C9H7N.C8H7Cl/c1-8(7-10)9-5-3-2-4-6-9;1-7(9)8-5-3-2-4-6-8/h2-6H,1H2;2-6H,1H2. The summed E-state index contributed by atoms with van der Waals surface area (Å²) in [7, 11) is 0. The van der Waals surface area contributed by atoms with Gasteiger partial charge in [0.1, 0.15) is 0 Å². The molecule has 0 aliphatic carbocycles. The monoisotopic (exact) mass is 267 g/mol. The molecule has 2 aromatic carbocycles. The Bertz CT molecular complexity index is 580. The number of hydrogen-bond donors (Lipinski definition) is 0. The molecule has 19 heavy (non-hydrogen) atoms. The quantitative estimate of drug-likeness (QED) is 0.693. The van der Waals surface area contributed by atoms with E-state index in [-0.39, 0.29) is 0 Å². The zero-order valence-corrected chi connectivity index (χ0v) is 11.3. The van der Waals surface area contributed by atoms with Gasteiger partial charge in [-0.25, -0.2) is 0 Å². The van der Waals surface area contributed by atoms with Crippen LogP contribution >= 0.6 is 11.6 Å². The first-order chi connectivity index (χ1) is 9.15. The Morgan fingerprint density at radius 2 is 1.26 bits per heavy atom. The van der Waals surface area contributed by atoms with E-state index >= 15 is 0 Å². The largest absolute Gasteiger partial charge is 0.192 e. The summed E-state index contributed by atoms with van der Waals surface area (Å²) in [5.74, 6) is 0. The molecule has 0 heterocycles. The minimum atomic E-state index is 0.514. The first kappa shape index (κ1) is 14.8. The van der Waals surface area contributed by atoms with Crippen molar-refractivity contribution < 1.29 is 0 Å². The lowest BCUT2D eigenvalue weighted by atomic mass is 10.1. The highest BCUT2D eigenvalue weighted by Gasteiger charge is 1.92. The summed E-state index contributed by atoms with van der Waals surface area (Å²) in [6, 6.07) is 21.1. The Balaban J connectivity index is 0.000000191. The van der Waals surface area contributed by atoms with E-state index in [1.807, 2.05) is 66.7 Å². The van der Waals surface area contributed by atoms with Crippen molar-refractivity contribution >= 4 is 22.2 Å². The molecule has 94 valence electrons. The van der Waals surface area contributed by atoms with Crippen LogP contribution in [-0.2, 0) is 0 Å². The molecular weight excluding hydrogens is 254 g/mol. The van der Waals surface area contributed by atoms with Gasteiger partial charge in [0.05, 0.1) is 11.6 Å². The van der Waals surface area contributed by atoms with Gasteiger partial charge >= 0.3 is 0 Å². The van der Waals surface area contributed by atoms with Crippen molar-refractivity contribution in [1.82, 2.24) is 0 Å². The molecule has 0 atom stereocenters. The smallest absolute Gasteiger partial charge is 0.0991 e. The van der Waals surface area contributed by atoms with Crippen LogP contribution in [0.1, 0.15) is 11.1 Å². The number of halogens is 1. The predicted octanol–water partition coefficient (Wildman–Crippen LogP) is 5.12. The maximum absolute atomic E-state index is 8.44. The third-order valence-electron chi connectivity index (χ3n) is 2.34. The molecule has 0 spiro atoms. The molecule has 2 heteroatoms. The second-order valence-corrected chi connectivity index (χ2v) is 4.18. The summed E-state index contributed by atoms with van der Waals surface area (Å²) >= 11 is 5.61. The van der Waals surface area contributed by atoms with E-state index in [0.717, 1.165) is 11.1 Å². The van der Waals surface area contributed by atoms with E-state index in [1.165, 1.54) is 0 Å². The van der Waals surface area contributed by atoms with Gasteiger partial charge in [0, 0.05) is 5.03 Å². The van der Waals surface area contributed by atoms with Crippen molar-refractivity contribution in [2.45, 2.75) is 0 Å². The first-order valence-corrected chi connectivity index (χ1v) is 6.07. The SMILES string of the molecule is C=C(C#N)c1ccccc1.C=C(Cl)c1ccccc1. The fourth-order valence-corrected chi connectivity index (χ4v) is 1.45. The Labute approximate surface area is 119 Å². The van der Waals surface area contributed by atoms with Gasteiger partial charge in [-0.15, -0.1) is 0 Å². The number of nitrogens with zero attached hydrogens (tertiary/aromatic N) is 1. The first-order valence-electron chi connectivity index (χ1n) is 5.69. The molecule has 0 saturated carbocycles. The molecule has 0 bridgehead atoms. The number of hydrogen-bond acceptors (Lipinski definition) is 1. The Kier molecular flexibility index (Phi) is 6.15. The third kappa shape index (κ3) is 5.25. The second kappa shape index (κ2) is 7.92. The van der Waals surface area contributed by atoms with E-state index in [2.05, 4.69) is 13.2 Å². The Morgan fingerprint density at radius 1 is 0.842 bits per heavy atom. The Morgan fingerprint density at radius 3 is 1.58 bits per heavy atom. The molecule has 0 aromatic heterocycles. The molecule has 0 saturated heterocycles. The summed E-state index contributed by atoms with van der Waals surface area (Å²) < 4.78 is 0. The van der Waals surface area contributed by atoms with E-state index < -0.39 is 0 Å². The zero-order chi connectivity index (χ0) is 14.1. The van der Waals surface area contributed by atoms with Gasteiger partial charge in [0.15, 0.2) is 0 Å².